The van der Waals surface area contributed by atoms with Crippen molar-refractivity contribution in [3.63, 3.8) is 0 Å². The average Bonchev–Trinajstić information content (AvgIpc) is 2.52. The summed E-state index contributed by atoms with van der Waals surface area (Å²) in [5.41, 5.74) is 0.449. The zero-order valence-electron chi connectivity index (χ0n) is 13.4. The molecule has 2 heterocycles. The molecule has 1 aromatic carbocycles. The van der Waals surface area contributed by atoms with Crippen molar-refractivity contribution in [1.82, 2.24) is 14.9 Å². The summed E-state index contributed by atoms with van der Waals surface area (Å²) in [5.74, 6) is 0.307. The Labute approximate surface area is 148 Å². The Kier molecular flexibility index (Phi) is 4.51. The first-order chi connectivity index (χ1) is 10.8. The zero-order chi connectivity index (χ0) is 16.8. The Morgan fingerprint density at radius 3 is 2.43 bits per heavy atom. The highest BCUT2D eigenvalue weighted by Gasteiger charge is 2.27. The van der Waals surface area contributed by atoms with Crippen LogP contribution in [0.15, 0.2) is 16.9 Å². The van der Waals surface area contributed by atoms with Gasteiger partial charge in [-0.3, -0.25) is 4.90 Å². The number of hydrogen-bond acceptors (Lipinski definition) is 4. The van der Waals surface area contributed by atoms with Gasteiger partial charge in [0.1, 0.15) is 17.7 Å². The highest BCUT2D eigenvalue weighted by atomic mass is 79.9. The smallest absolute Gasteiger partial charge is 0.165 e. The van der Waals surface area contributed by atoms with E-state index in [1.165, 1.54) is 6.33 Å². The van der Waals surface area contributed by atoms with E-state index in [1.54, 1.807) is 6.07 Å². The largest absolute Gasteiger partial charge is 0.353 e. The molecule has 1 aliphatic heterocycles. The summed E-state index contributed by atoms with van der Waals surface area (Å²) in [6.45, 7) is 10.2. The molecule has 1 saturated heterocycles. The third kappa shape index (κ3) is 3.16. The van der Waals surface area contributed by atoms with E-state index in [1.807, 2.05) is 0 Å². The van der Waals surface area contributed by atoms with E-state index < -0.39 is 5.82 Å². The van der Waals surface area contributed by atoms with E-state index >= 15 is 0 Å². The van der Waals surface area contributed by atoms with Gasteiger partial charge in [-0.05, 0) is 42.8 Å². The lowest BCUT2D eigenvalue weighted by molar-refractivity contribution is 0.128. The summed E-state index contributed by atoms with van der Waals surface area (Å²) >= 11 is 9.28. The Morgan fingerprint density at radius 1 is 1.17 bits per heavy atom. The van der Waals surface area contributed by atoms with Gasteiger partial charge in [-0.15, -0.1) is 0 Å². The van der Waals surface area contributed by atoms with Crippen LogP contribution in [0.25, 0.3) is 10.9 Å². The summed E-state index contributed by atoms with van der Waals surface area (Å²) in [6, 6.07) is 1.73. The Hall–Kier alpha value is -0.980. The molecule has 1 fully saturated rings. The van der Waals surface area contributed by atoms with Crippen molar-refractivity contribution in [2.45, 2.75) is 26.3 Å². The maximum Gasteiger partial charge on any atom is 0.165 e. The molecule has 1 aliphatic rings. The summed E-state index contributed by atoms with van der Waals surface area (Å²) in [7, 11) is 0. The third-order valence-corrected chi connectivity index (χ3v) is 5.57. The number of halogens is 3. The van der Waals surface area contributed by atoms with Gasteiger partial charge in [0.05, 0.1) is 9.50 Å². The number of anilines is 1. The molecule has 0 unspecified atom stereocenters. The van der Waals surface area contributed by atoms with Crippen LogP contribution < -0.4 is 4.90 Å². The van der Waals surface area contributed by atoms with E-state index in [0.29, 0.717) is 15.9 Å². The predicted octanol–water partition coefficient (Wildman–Crippen LogP) is 4.11. The second-order valence-electron chi connectivity index (χ2n) is 6.72. The molecule has 0 radical (unpaired) electrons. The molecule has 7 heteroatoms. The number of benzene rings is 1. The van der Waals surface area contributed by atoms with Crippen molar-refractivity contribution in [3.8, 4) is 0 Å². The molecular formula is C16H19BrClFN4. The van der Waals surface area contributed by atoms with Gasteiger partial charge >= 0.3 is 0 Å². The number of piperazine rings is 1. The second-order valence-corrected chi connectivity index (χ2v) is 7.92. The molecule has 4 nitrogen and oxygen atoms in total. The van der Waals surface area contributed by atoms with Crippen LogP contribution in [0.3, 0.4) is 0 Å². The second kappa shape index (κ2) is 6.15. The lowest BCUT2D eigenvalue weighted by Crippen LogP contribution is -2.53. The molecule has 124 valence electrons. The van der Waals surface area contributed by atoms with Gasteiger partial charge < -0.3 is 4.90 Å². The zero-order valence-corrected chi connectivity index (χ0v) is 15.7. The number of nitrogens with zero attached hydrogens (tertiary/aromatic N) is 4. The molecule has 1 aromatic heterocycles. The summed E-state index contributed by atoms with van der Waals surface area (Å²) < 4.78 is 14.6. The minimum atomic E-state index is -0.440. The maximum atomic E-state index is 14.4. The number of rotatable bonds is 1. The first-order valence-electron chi connectivity index (χ1n) is 7.57. The summed E-state index contributed by atoms with van der Waals surface area (Å²) in [6.07, 6.45) is 1.41. The van der Waals surface area contributed by atoms with Crippen molar-refractivity contribution in [3.05, 3.63) is 27.7 Å². The third-order valence-electron chi connectivity index (χ3n) is 4.27. The maximum absolute atomic E-state index is 14.4. The topological polar surface area (TPSA) is 32.3 Å². The molecule has 23 heavy (non-hydrogen) atoms. The molecule has 0 bridgehead atoms. The highest BCUT2D eigenvalue weighted by Crippen LogP contribution is 2.35. The van der Waals surface area contributed by atoms with Crippen LogP contribution in [0, 0.1) is 5.82 Å². The summed E-state index contributed by atoms with van der Waals surface area (Å²) in [4.78, 5) is 13.1. The Bertz CT molecular complexity index is 739. The molecule has 0 aliphatic carbocycles. The molecule has 0 N–H and O–H groups in total. The van der Waals surface area contributed by atoms with Crippen molar-refractivity contribution < 1.29 is 4.39 Å². The van der Waals surface area contributed by atoms with Crippen LogP contribution in [0.4, 0.5) is 10.2 Å². The van der Waals surface area contributed by atoms with Gasteiger partial charge in [0, 0.05) is 37.1 Å². The van der Waals surface area contributed by atoms with Gasteiger partial charge in [-0.1, -0.05) is 11.6 Å². The molecule has 0 spiro atoms. The fraction of sp³-hybridized carbons (Fsp3) is 0.500. The molecule has 2 aromatic rings. The van der Waals surface area contributed by atoms with Crippen molar-refractivity contribution in [2.24, 2.45) is 0 Å². The normalized spacial score (nSPS) is 17.0. The van der Waals surface area contributed by atoms with Crippen LogP contribution in [0.1, 0.15) is 20.8 Å². The standard InChI is InChI=1S/C16H19BrClFN4/c1-16(2,3)23-6-4-22(5-7-23)15-10-8-11(18)12(17)13(19)14(10)20-9-21-15/h8-9H,4-7H2,1-3H3. The van der Waals surface area contributed by atoms with E-state index in [2.05, 4.69) is 56.5 Å². The lowest BCUT2D eigenvalue weighted by atomic mass is 10.0. The first-order valence-corrected chi connectivity index (χ1v) is 8.74. The molecule has 0 atom stereocenters. The fourth-order valence-electron chi connectivity index (χ4n) is 2.93. The molecule has 3 rings (SSSR count). The lowest BCUT2D eigenvalue weighted by Gasteiger charge is -2.42. The van der Waals surface area contributed by atoms with Gasteiger partial charge in [-0.2, -0.15) is 0 Å². The van der Waals surface area contributed by atoms with E-state index in [4.69, 9.17) is 11.6 Å². The number of fused-ring (bicyclic) bond motifs is 1. The quantitative estimate of drug-likeness (QED) is 0.673. The van der Waals surface area contributed by atoms with E-state index in [0.717, 1.165) is 32.0 Å². The van der Waals surface area contributed by atoms with Crippen LogP contribution in [-0.2, 0) is 0 Å². The molecular weight excluding hydrogens is 383 g/mol. The monoisotopic (exact) mass is 400 g/mol. The van der Waals surface area contributed by atoms with Crippen LogP contribution in [-0.4, -0.2) is 46.6 Å². The minimum Gasteiger partial charge on any atom is -0.353 e. The first kappa shape index (κ1) is 16.9. The van der Waals surface area contributed by atoms with E-state index in [9.17, 15) is 4.39 Å². The number of aromatic nitrogens is 2. The van der Waals surface area contributed by atoms with Crippen LogP contribution in [0.2, 0.25) is 5.02 Å². The minimum absolute atomic E-state index is 0.153. The van der Waals surface area contributed by atoms with Gasteiger partial charge in [-0.25, -0.2) is 14.4 Å². The van der Waals surface area contributed by atoms with Gasteiger partial charge in [0.15, 0.2) is 5.82 Å². The SMILES string of the molecule is CC(C)(C)N1CCN(c2ncnc3c(F)c(Br)c(Cl)cc23)CC1. The number of hydrogen-bond donors (Lipinski definition) is 0. The van der Waals surface area contributed by atoms with Crippen molar-refractivity contribution in [1.29, 1.82) is 0 Å². The summed E-state index contributed by atoms with van der Waals surface area (Å²) in [5, 5.41) is 0.988. The highest BCUT2D eigenvalue weighted by molar-refractivity contribution is 9.10. The predicted molar refractivity (Wildman–Crippen MR) is 95.7 cm³/mol. The van der Waals surface area contributed by atoms with Gasteiger partial charge in [0.25, 0.3) is 0 Å². The van der Waals surface area contributed by atoms with E-state index in [-0.39, 0.29) is 10.0 Å². The Balaban J connectivity index is 1.96. The van der Waals surface area contributed by atoms with Crippen molar-refractivity contribution >= 4 is 44.3 Å². The van der Waals surface area contributed by atoms with Crippen LogP contribution in [0.5, 0.6) is 0 Å². The fourth-order valence-corrected chi connectivity index (χ4v) is 3.43. The Morgan fingerprint density at radius 2 is 1.83 bits per heavy atom. The van der Waals surface area contributed by atoms with Gasteiger partial charge in [0.2, 0.25) is 0 Å². The molecule has 0 saturated carbocycles. The van der Waals surface area contributed by atoms with Crippen LogP contribution >= 0.6 is 27.5 Å². The average molecular weight is 402 g/mol. The molecule has 0 amide bonds. The van der Waals surface area contributed by atoms with Crippen molar-refractivity contribution in [2.75, 3.05) is 31.1 Å².